The fraction of sp³-hybridized carbons (Fsp3) is 0.0606. The van der Waals surface area contributed by atoms with Gasteiger partial charge in [0.25, 0.3) is 0 Å². The number of benzene rings is 4. The molecule has 6 aromatic rings. The number of rotatable bonds is 19. The Hall–Kier alpha value is -2.95. The number of sulfone groups is 1. The second kappa shape index (κ2) is 25.1. The Balaban J connectivity index is 0.00000352. The van der Waals surface area contributed by atoms with Crippen LogP contribution < -0.4 is 120 Å². The zero-order valence-electron chi connectivity index (χ0n) is 32.8. The van der Waals surface area contributed by atoms with Crippen LogP contribution in [0.4, 0.5) is 34.6 Å². The number of carbonyl (C=O) groups excluding carboxylic acids is 1. The van der Waals surface area contributed by atoms with Crippen LogP contribution in [0.3, 0.4) is 0 Å². The number of carbonyl (C=O) groups is 1. The molecule has 0 atom stereocenters. The average Bonchev–Trinajstić information content (AvgIpc) is 3.22. The van der Waals surface area contributed by atoms with E-state index in [1.54, 1.807) is 12.1 Å². The number of hydrogen-bond donors (Lipinski definition) is 4. The zero-order valence-corrected chi connectivity index (χ0v) is 42.1. The molecule has 0 radical (unpaired) electrons. The molecule has 0 aliphatic heterocycles. The SMILES string of the molecule is NC(=O)c1cc[n+](-c2nc(Nc3ccc(S(=O)(=O)CCOSOO[O-])cc3)nc(Nc3ccc4c(O)c(N=Nc5ccccc5S(=O)(=O)[O-])c(SOO[O-])cc4c3)n2)cc1.[Na+].[Na+].[Na+]. The van der Waals surface area contributed by atoms with Gasteiger partial charge in [-0.3, -0.25) is 19.1 Å². The molecule has 0 saturated carbocycles. The van der Waals surface area contributed by atoms with Crippen molar-refractivity contribution >= 4 is 95.6 Å². The van der Waals surface area contributed by atoms with Crippen molar-refractivity contribution in [1.82, 2.24) is 15.0 Å². The largest absolute Gasteiger partial charge is 1.00 e. The number of pyridine rings is 1. The normalized spacial score (nSPS) is 11.3. The minimum Gasteiger partial charge on any atom is -0.744 e. The molecule has 0 unspecified atom stereocenters. The van der Waals surface area contributed by atoms with Crippen molar-refractivity contribution < 1.29 is 158 Å². The van der Waals surface area contributed by atoms with E-state index in [-0.39, 0.29) is 158 Å². The molecular weight excluding hydrogens is 944 g/mol. The number of fused-ring (bicyclic) bond motifs is 1. The summed E-state index contributed by atoms with van der Waals surface area (Å²) in [6, 6.07) is 19.6. The molecule has 5 N–H and O–H groups in total. The molecule has 0 aliphatic rings. The summed E-state index contributed by atoms with van der Waals surface area (Å²) in [5, 5.41) is 52.9. The summed E-state index contributed by atoms with van der Waals surface area (Å²) in [4.78, 5) is 24.4. The monoisotopic (exact) mass is 968 g/mol. The summed E-state index contributed by atoms with van der Waals surface area (Å²) in [5.41, 5.74) is 5.79. The van der Waals surface area contributed by atoms with Gasteiger partial charge in [0.15, 0.2) is 27.9 Å². The van der Waals surface area contributed by atoms with Crippen LogP contribution in [-0.2, 0) is 42.9 Å². The van der Waals surface area contributed by atoms with Crippen molar-refractivity contribution in [2.24, 2.45) is 16.0 Å². The second-order valence-electron chi connectivity index (χ2n) is 11.6. The number of nitrogens with zero attached hydrogens (tertiary/aromatic N) is 6. The first kappa shape index (κ1) is 54.4. The number of phenols is 1. The summed E-state index contributed by atoms with van der Waals surface area (Å²) < 4.78 is 75.4. The van der Waals surface area contributed by atoms with Crippen molar-refractivity contribution in [2.45, 2.75) is 14.7 Å². The Morgan fingerprint density at radius 3 is 2.10 bits per heavy atom. The van der Waals surface area contributed by atoms with Gasteiger partial charge in [0.2, 0.25) is 5.91 Å². The fourth-order valence-corrected chi connectivity index (χ4v) is 7.65. The van der Waals surface area contributed by atoms with Gasteiger partial charge in [-0.2, -0.15) is 4.33 Å². The first-order chi connectivity index (χ1) is 28.7. The molecule has 23 nitrogen and oxygen atoms in total. The van der Waals surface area contributed by atoms with Crippen molar-refractivity contribution in [3.63, 3.8) is 0 Å². The maximum atomic E-state index is 12.7. The minimum absolute atomic E-state index is 0. The summed E-state index contributed by atoms with van der Waals surface area (Å²) in [6.07, 6.45) is 2.98. The predicted molar refractivity (Wildman–Crippen MR) is 203 cm³/mol. The van der Waals surface area contributed by atoms with Crippen molar-refractivity contribution in [3.05, 3.63) is 103 Å². The Labute approximate surface area is 432 Å². The number of primary amides is 1. The Morgan fingerprint density at radius 1 is 0.825 bits per heavy atom. The molecule has 0 bridgehead atoms. The van der Waals surface area contributed by atoms with Crippen LogP contribution in [0.2, 0.25) is 0 Å². The van der Waals surface area contributed by atoms with Gasteiger partial charge in [-0.1, -0.05) is 12.1 Å². The molecule has 6 rings (SSSR count). The third kappa shape index (κ3) is 14.8. The van der Waals surface area contributed by atoms with E-state index in [2.05, 4.69) is 54.6 Å². The molecule has 0 saturated heterocycles. The van der Waals surface area contributed by atoms with E-state index in [0.717, 1.165) is 6.07 Å². The van der Waals surface area contributed by atoms with Crippen molar-refractivity contribution in [2.75, 3.05) is 23.0 Å². The topological polar surface area (TPSA) is 338 Å². The number of amides is 1. The van der Waals surface area contributed by atoms with E-state index in [4.69, 9.17) is 9.92 Å². The minimum atomic E-state index is -4.93. The number of phenolic OH excluding ortho intramolecular Hbond substituents is 1. The van der Waals surface area contributed by atoms with Crippen LogP contribution >= 0.6 is 24.4 Å². The number of azo groups is 1. The maximum Gasteiger partial charge on any atom is 1.00 e. The van der Waals surface area contributed by atoms with E-state index in [1.165, 1.54) is 83.7 Å². The first-order valence-corrected chi connectivity index (χ1v) is 20.8. The average molecular weight is 969 g/mol. The van der Waals surface area contributed by atoms with Gasteiger partial charge < -0.3 is 36.5 Å². The fourth-order valence-electron chi connectivity index (χ4n) is 5.14. The van der Waals surface area contributed by atoms with Crippen molar-refractivity contribution in [3.8, 4) is 11.7 Å². The van der Waals surface area contributed by atoms with E-state index in [9.17, 15) is 41.8 Å². The molecule has 2 heterocycles. The molecule has 0 fully saturated rings. The van der Waals surface area contributed by atoms with Crippen LogP contribution in [-0.4, -0.2) is 59.7 Å². The molecule has 2 aromatic heterocycles. The summed E-state index contributed by atoms with van der Waals surface area (Å²) >= 11 is 0.553. The van der Waals surface area contributed by atoms with E-state index >= 15 is 0 Å². The van der Waals surface area contributed by atoms with E-state index in [1.807, 2.05) is 0 Å². The number of nitrogens with one attached hydrogen (secondary N) is 2. The van der Waals surface area contributed by atoms with Gasteiger partial charge in [0, 0.05) is 22.3 Å². The van der Waals surface area contributed by atoms with Gasteiger partial charge in [-0.05, 0) is 88.2 Å². The van der Waals surface area contributed by atoms with Gasteiger partial charge in [0.1, 0.15) is 21.5 Å². The predicted octanol–water partition coefficient (Wildman–Crippen LogP) is -6.27. The van der Waals surface area contributed by atoms with Gasteiger partial charge in [0.05, 0.1) is 51.5 Å². The third-order valence-corrected chi connectivity index (χ3v) is 11.4. The zero-order chi connectivity index (χ0) is 42.9. The maximum absolute atomic E-state index is 12.7. The molecule has 0 spiro atoms. The summed E-state index contributed by atoms with van der Waals surface area (Å²) in [5.74, 6) is -1.52. The van der Waals surface area contributed by atoms with Crippen LogP contribution in [0, 0.1) is 0 Å². The molecule has 312 valence electrons. The molecule has 4 aromatic carbocycles. The Morgan fingerprint density at radius 2 is 1.46 bits per heavy atom. The van der Waals surface area contributed by atoms with E-state index < -0.39 is 42.3 Å². The number of anilines is 4. The number of aromatic hydroxyl groups is 1. The van der Waals surface area contributed by atoms with Crippen LogP contribution in [0.1, 0.15) is 10.4 Å². The Kier molecular flexibility index (Phi) is 21.7. The summed E-state index contributed by atoms with van der Waals surface area (Å²) in [6.45, 7) is -0.302. The third-order valence-electron chi connectivity index (χ3n) is 7.83. The van der Waals surface area contributed by atoms with Gasteiger partial charge >= 0.3 is 107 Å². The van der Waals surface area contributed by atoms with Crippen LogP contribution in [0.25, 0.3) is 16.7 Å². The first-order valence-electron chi connectivity index (χ1n) is 16.3. The molecular formula is C33H25N9Na3O14S4+. The molecule has 30 heteroatoms. The number of nitrogens with two attached hydrogens (primary N) is 1. The van der Waals surface area contributed by atoms with Gasteiger partial charge in [-0.25, -0.2) is 21.4 Å². The smallest absolute Gasteiger partial charge is 0.744 e. The standard InChI is InChI=1S/C33H27N9O14S4.3Na/c34-30(44)19-11-13-42(14-12-19)33-38-31(35-21-5-8-23(9-6-21)59(47,48)16-15-52-58-56-54-46)37-32(39-33)36-22-7-10-24-20(17-22)18-26(57-55-53-45)28(29(24)43)41-40-25-3-1-2-4-27(25)60(49,50)51;;;/h1-14,17-18H,15-16H2,(H7-,34,35,36,37,38,39,43,44,45,46,49,50,51);;;/q;3*+1/p-2. The van der Waals surface area contributed by atoms with E-state index in [0.29, 0.717) is 28.8 Å². The Bertz CT molecular complexity index is 2790. The summed E-state index contributed by atoms with van der Waals surface area (Å²) in [7, 11) is -8.72. The van der Waals surface area contributed by atoms with Crippen LogP contribution in [0.15, 0.2) is 122 Å². The molecule has 1 amide bonds. The second-order valence-corrected chi connectivity index (χ2v) is 16.3. The molecule has 0 aliphatic carbocycles. The van der Waals surface area contributed by atoms with Crippen LogP contribution in [0.5, 0.6) is 5.75 Å². The van der Waals surface area contributed by atoms with Crippen molar-refractivity contribution in [1.29, 1.82) is 0 Å². The molecule has 63 heavy (non-hydrogen) atoms. The van der Waals surface area contributed by atoms with Gasteiger partial charge in [-0.15, -0.1) is 19.5 Å². The number of aromatic nitrogens is 4. The number of hydrogen-bond acceptors (Lipinski definition) is 23. The quantitative estimate of drug-likeness (QED) is 0.00857.